The topological polar surface area (TPSA) is 75.7 Å². The minimum absolute atomic E-state index is 0.154. The number of rotatable bonds is 9. The summed E-state index contributed by atoms with van der Waals surface area (Å²) in [5.41, 5.74) is 0.538. The van der Waals surface area contributed by atoms with E-state index in [2.05, 4.69) is 12.2 Å². The number of amides is 1. The van der Waals surface area contributed by atoms with Crippen molar-refractivity contribution < 1.29 is 17.9 Å². The Labute approximate surface area is 138 Å². The van der Waals surface area contributed by atoms with Crippen LogP contribution in [-0.2, 0) is 14.8 Å². The highest BCUT2D eigenvalue weighted by Crippen LogP contribution is 2.21. The average Bonchev–Trinajstić information content (AvgIpc) is 2.50. The van der Waals surface area contributed by atoms with Gasteiger partial charge in [-0.2, -0.15) is 0 Å². The Morgan fingerprint density at radius 1 is 1.26 bits per heavy atom. The monoisotopic (exact) mass is 342 g/mol. The number of benzene rings is 1. The molecule has 0 saturated heterocycles. The second kappa shape index (κ2) is 8.76. The molecule has 7 heteroatoms. The normalized spacial score (nSPS) is 12.5. The second-order valence-corrected chi connectivity index (χ2v) is 7.50. The van der Waals surface area contributed by atoms with Crippen LogP contribution < -0.4 is 14.4 Å². The van der Waals surface area contributed by atoms with Gasteiger partial charge in [-0.1, -0.05) is 19.8 Å². The van der Waals surface area contributed by atoms with Gasteiger partial charge in [0.1, 0.15) is 5.75 Å². The zero-order valence-corrected chi connectivity index (χ0v) is 15.0. The molecule has 130 valence electrons. The SMILES string of the molecule is CCCCCNC(=O)[C@H](C)Oc1ccc(N(C)S(C)(=O)=O)cc1. The first kappa shape index (κ1) is 19.3. The van der Waals surface area contributed by atoms with Crippen molar-refractivity contribution in [3.05, 3.63) is 24.3 Å². The molecule has 0 spiro atoms. The average molecular weight is 342 g/mol. The molecule has 1 aromatic carbocycles. The first-order chi connectivity index (χ1) is 10.8. The fourth-order valence-corrected chi connectivity index (χ4v) is 2.42. The molecule has 23 heavy (non-hydrogen) atoms. The summed E-state index contributed by atoms with van der Waals surface area (Å²) < 4.78 is 29.7. The van der Waals surface area contributed by atoms with Crippen LogP contribution in [0.3, 0.4) is 0 Å². The molecule has 0 aliphatic carbocycles. The largest absolute Gasteiger partial charge is 0.481 e. The Balaban J connectivity index is 2.56. The van der Waals surface area contributed by atoms with E-state index >= 15 is 0 Å². The van der Waals surface area contributed by atoms with Gasteiger partial charge in [0.25, 0.3) is 5.91 Å². The molecule has 0 radical (unpaired) electrons. The molecule has 1 amide bonds. The minimum Gasteiger partial charge on any atom is -0.481 e. The van der Waals surface area contributed by atoms with Crippen molar-refractivity contribution in [3.8, 4) is 5.75 Å². The van der Waals surface area contributed by atoms with Gasteiger partial charge >= 0.3 is 0 Å². The number of sulfonamides is 1. The van der Waals surface area contributed by atoms with E-state index in [1.165, 1.54) is 11.4 Å². The van der Waals surface area contributed by atoms with E-state index in [1.54, 1.807) is 31.2 Å². The van der Waals surface area contributed by atoms with E-state index in [-0.39, 0.29) is 5.91 Å². The van der Waals surface area contributed by atoms with E-state index in [1.807, 2.05) is 0 Å². The van der Waals surface area contributed by atoms with Crippen LogP contribution in [0.1, 0.15) is 33.1 Å². The third kappa shape index (κ3) is 6.48. The van der Waals surface area contributed by atoms with Crippen molar-refractivity contribution >= 4 is 21.6 Å². The van der Waals surface area contributed by atoms with Gasteiger partial charge in [-0.25, -0.2) is 8.42 Å². The second-order valence-electron chi connectivity index (χ2n) is 5.48. The van der Waals surface area contributed by atoms with Crippen molar-refractivity contribution in [2.45, 2.75) is 39.2 Å². The lowest BCUT2D eigenvalue weighted by molar-refractivity contribution is -0.127. The van der Waals surface area contributed by atoms with Crippen molar-refractivity contribution in [2.75, 3.05) is 24.2 Å². The number of carbonyl (C=O) groups is 1. The molecular weight excluding hydrogens is 316 g/mol. The minimum atomic E-state index is -3.29. The van der Waals surface area contributed by atoms with Gasteiger partial charge in [0.05, 0.1) is 11.9 Å². The van der Waals surface area contributed by atoms with Crippen LogP contribution in [0.15, 0.2) is 24.3 Å². The molecule has 0 aliphatic heterocycles. The maximum absolute atomic E-state index is 11.9. The number of nitrogens with one attached hydrogen (secondary N) is 1. The summed E-state index contributed by atoms with van der Waals surface area (Å²) in [6.07, 6.45) is 3.69. The molecule has 1 aromatic rings. The van der Waals surface area contributed by atoms with E-state index in [0.717, 1.165) is 25.5 Å². The van der Waals surface area contributed by atoms with Gasteiger partial charge < -0.3 is 10.1 Å². The number of carbonyl (C=O) groups excluding carboxylic acids is 1. The van der Waals surface area contributed by atoms with Crippen LogP contribution in [0.5, 0.6) is 5.75 Å². The first-order valence-corrected chi connectivity index (χ1v) is 9.59. The van der Waals surface area contributed by atoms with Crippen LogP contribution in [0.25, 0.3) is 0 Å². The fourth-order valence-electron chi connectivity index (χ4n) is 1.91. The summed E-state index contributed by atoms with van der Waals surface area (Å²) >= 11 is 0. The van der Waals surface area contributed by atoms with Gasteiger partial charge in [0.15, 0.2) is 6.10 Å². The number of anilines is 1. The van der Waals surface area contributed by atoms with Gasteiger partial charge in [-0.15, -0.1) is 0 Å². The summed E-state index contributed by atoms with van der Waals surface area (Å²) in [4.78, 5) is 11.9. The molecule has 0 unspecified atom stereocenters. The quantitative estimate of drug-likeness (QED) is 0.698. The Hall–Kier alpha value is -1.76. The van der Waals surface area contributed by atoms with Crippen molar-refractivity contribution in [2.24, 2.45) is 0 Å². The highest BCUT2D eigenvalue weighted by molar-refractivity contribution is 7.92. The standard InChI is InChI=1S/C16H26N2O4S/c1-5-6-7-12-17-16(19)13(2)22-15-10-8-14(9-11-15)18(3)23(4,20)21/h8-11,13H,5-7,12H2,1-4H3,(H,17,19)/t13-/m0/s1. The van der Waals surface area contributed by atoms with Crippen LogP contribution in [0.4, 0.5) is 5.69 Å². The first-order valence-electron chi connectivity index (χ1n) is 7.74. The third-order valence-corrected chi connectivity index (χ3v) is 4.67. The molecule has 0 fully saturated rings. The summed E-state index contributed by atoms with van der Waals surface area (Å²) in [7, 11) is -1.81. The molecule has 0 bridgehead atoms. The van der Waals surface area contributed by atoms with Gasteiger partial charge in [0, 0.05) is 13.6 Å². The van der Waals surface area contributed by atoms with Gasteiger partial charge in [-0.05, 0) is 37.6 Å². The molecule has 0 saturated carbocycles. The molecule has 1 rings (SSSR count). The van der Waals surface area contributed by atoms with Gasteiger partial charge in [-0.3, -0.25) is 9.10 Å². The molecule has 0 heterocycles. The lowest BCUT2D eigenvalue weighted by Gasteiger charge is -2.18. The predicted octanol–water partition coefficient (Wildman–Crippen LogP) is 2.16. The zero-order valence-electron chi connectivity index (χ0n) is 14.2. The van der Waals surface area contributed by atoms with E-state index in [0.29, 0.717) is 18.0 Å². The number of hydrogen-bond donors (Lipinski definition) is 1. The van der Waals surface area contributed by atoms with Crippen LogP contribution in [-0.4, -0.2) is 40.3 Å². The summed E-state index contributed by atoms with van der Waals surface area (Å²) in [5, 5.41) is 2.84. The van der Waals surface area contributed by atoms with Crippen molar-refractivity contribution in [1.29, 1.82) is 0 Å². The fraction of sp³-hybridized carbons (Fsp3) is 0.562. The highest BCUT2D eigenvalue weighted by atomic mass is 32.2. The summed E-state index contributed by atoms with van der Waals surface area (Å²) in [6.45, 7) is 4.45. The Kier molecular flexibility index (Phi) is 7.35. The molecule has 6 nitrogen and oxygen atoms in total. The maximum Gasteiger partial charge on any atom is 0.260 e. The molecule has 0 aromatic heterocycles. The van der Waals surface area contributed by atoms with Crippen molar-refractivity contribution in [3.63, 3.8) is 0 Å². The summed E-state index contributed by atoms with van der Waals surface area (Å²) in [6, 6.07) is 6.58. The molecule has 1 atom stereocenters. The zero-order chi connectivity index (χ0) is 17.5. The molecule has 0 aliphatic rings. The van der Waals surface area contributed by atoms with E-state index in [4.69, 9.17) is 4.74 Å². The predicted molar refractivity (Wildman–Crippen MR) is 92.3 cm³/mol. The lowest BCUT2D eigenvalue weighted by Crippen LogP contribution is -2.36. The van der Waals surface area contributed by atoms with Crippen LogP contribution in [0, 0.1) is 0 Å². The van der Waals surface area contributed by atoms with E-state index in [9.17, 15) is 13.2 Å². The van der Waals surface area contributed by atoms with Crippen LogP contribution >= 0.6 is 0 Å². The molecule has 1 N–H and O–H groups in total. The lowest BCUT2D eigenvalue weighted by atomic mass is 10.2. The number of hydrogen-bond acceptors (Lipinski definition) is 4. The maximum atomic E-state index is 11.9. The number of nitrogens with zero attached hydrogens (tertiary/aromatic N) is 1. The molecular formula is C16H26N2O4S. The third-order valence-electron chi connectivity index (χ3n) is 3.46. The Bertz CT molecular complexity index is 599. The van der Waals surface area contributed by atoms with Crippen LogP contribution in [0.2, 0.25) is 0 Å². The van der Waals surface area contributed by atoms with Gasteiger partial charge in [0.2, 0.25) is 10.0 Å². The number of unbranched alkanes of at least 4 members (excludes halogenated alkanes) is 2. The van der Waals surface area contributed by atoms with Crippen molar-refractivity contribution in [1.82, 2.24) is 5.32 Å². The number of ether oxygens (including phenoxy) is 1. The summed E-state index contributed by atoms with van der Waals surface area (Å²) in [5.74, 6) is 0.366. The highest BCUT2D eigenvalue weighted by Gasteiger charge is 2.15. The Morgan fingerprint density at radius 3 is 2.39 bits per heavy atom. The smallest absolute Gasteiger partial charge is 0.260 e. The van der Waals surface area contributed by atoms with E-state index < -0.39 is 16.1 Å². The Morgan fingerprint density at radius 2 is 1.87 bits per heavy atom.